The van der Waals surface area contributed by atoms with Gasteiger partial charge in [0.25, 0.3) is 0 Å². The molecule has 3 rings (SSSR count). The van der Waals surface area contributed by atoms with Gasteiger partial charge in [-0.25, -0.2) is 4.99 Å². The van der Waals surface area contributed by atoms with E-state index in [1.807, 2.05) is 25.1 Å². The highest BCUT2D eigenvalue weighted by molar-refractivity contribution is 6.31. The fourth-order valence-electron chi connectivity index (χ4n) is 2.93. The Balaban J connectivity index is 1.89. The third-order valence-electron chi connectivity index (χ3n) is 4.17. The van der Waals surface area contributed by atoms with Crippen molar-refractivity contribution in [1.29, 1.82) is 0 Å². The Morgan fingerprint density at radius 2 is 1.95 bits per heavy atom. The number of fused-ring (bicyclic) bond motifs is 1. The maximum atomic E-state index is 12.5. The molecule has 0 aromatic heterocycles. The van der Waals surface area contributed by atoms with Crippen molar-refractivity contribution in [1.82, 2.24) is 0 Å². The molecule has 22 heavy (non-hydrogen) atoms. The van der Waals surface area contributed by atoms with E-state index in [-0.39, 0.29) is 36.2 Å². The zero-order chi connectivity index (χ0) is 15.7. The molecule has 0 radical (unpaired) electrons. The van der Waals surface area contributed by atoms with Gasteiger partial charge in [0.05, 0.1) is 11.9 Å². The Labute approximate surface area is 128 Å². The summed E-state index contributed by atoms with van der Waals surface area (Å²) in [5.41, 5.74) is 2.25. The summed E-state index contributed by atoms with van der Waals surface area (Å²) in [5, 5.41) is 0. The van der Waals surface area contributed by atoms with Crippen LogP contribution in [-0.2, 0) is 9.59 Å². The standard InChI is InChI=1S/C17H16N2O3/c1-10-2-4-14-13(6-10)15(20)7-11(8-18-14)12-3-5-17(22)19-9-16(12)21/h2,4,6,8-9,11-12H,3,5,7H2,1H3. The van der Waals surface area contributed by atoms with Gasteiger partial charge in [-0.3, -0.25) is 19.4 Å². The Morgan fingerprint density at radius 3 is 2.77 bits per heavy atom. The molecule has 112 valence electrons. The van der Waals surface area contributed by atoms with E-state index in [1.165, 1.54) is 0 Å². The molecule has 2 atom stereocenters. The number of benzene rings is 1. The van der Waals surface area contributed by atoms with Gasteiger partial charge in [-0.15, -0.1) is 0 Å². The van der Waals surface area contributed by atoms with E-state index < -0.39 is 5.92 Å². The zero-order valence-electron chi connectivity index (χ0n) is 12.3. The maximum Gasteiger partial charge on any atom is 0.245 e. The third-order valence-corrected chi connectivity index (χ3v) is 4.17. The number of aliphatic imine (C=N–C) groups is 2. The van der Waals surface area contributed by atoms with Gasteiger partial charge in [0.1, 0.15) is 0 Å². The molecule has 0 spiro atoms. The lowest BCUT2D eigenvalue weighted by Gasteiger charge is -2.18. The lowest BCUT2D eigenvalue weighted by molar-refractivity contribution is -0.118. The smallest absolute Gasteiger partial charge is 0.245 e. The van der Waals surface area contributed by atoms with E-state index in [9.17, 15) is 14.4 Å². The molecule has 0 aliphatic carbocycles. The number of ketones is 2. The van der Waals surface area contributed by atoms with Crippen LogP contribution in [0.25, 0.3) is 0 Å². The summed E-state index contributed by atoms with van der Waals surface area (Å²) in [4.78, 5) is 44.0. The molecule has 2 aliphatic heterocycles. The van der Waals surface area contributed by atoms with Crippen molar-refractivity contribution in [3.8, 4) is 0 Å². The minimum atomic E-state index is -0.404. The summed E-state index contributed by atoms with van der Waals surface area (Å²) >= 11 is 0. The molecule has 0 saturated carbocycles. The lowest BCUT2D eigenvalue weighted by atomic mass is 9.82. The van der Waals surface area contributed by atoms with Gasteiger partial charge >= 0.3 is 0 Å². The van der Waals surface area contributed by atoms with Gasteiger partial charge in [0, 0.05) is 36.5 Å². The van der Waals surface area contributed by atoms with Crippen LogP contribution >= 0.6 is 0 Å². The zero-order valence-corrected chi connectivity index (χ0v) is 12.3. The first-order valence-electron chi connectivity index (χ1n) is 7.33. The van der Waals surface area contributed by atoms with Gasteiger partial charge in [-0.2, -0.15) is 0 Å². The molecule has 2 aliphatic rings. The van der Waals surface area contributed by atoms with E-state index in [0.29, 0.717) is 17.7 Å². The van der Waals surface area contributed by atoms with Gasteiger partial charge in [0.2, 0.25) is 5.91 Å². The number of nitrogens with zero attached hydrogens (tertiary/aromatic N) is 2. The Kier molecular flexibility index (Phi) is 3.79. The quantitative estimate of drug-likeness (QED) is 0.799. The fourth-order valence-corrected chi connectivity index (χ4v) is 2.93. The van der Waals surface area contributed by atoms with Crippen molar-refractivity contribution in [2.45, 2.75) is 26.2 Å². The van der Waals surface area contributed by atoms with Crippen molar-refractivity contribution in [2.75, 3.05) is 0 Å². The number of carbonyl (C=O) groups excluding carboxylic acids is 3. The average Bonchev–Trinajstić information content (AvgIpc) is 2.75. The normalized spacial score (nSPS) is 24.9. The van der Waals surface area contributed by atoms with Crippen molar-refractivity contribution in [2.24, 2.45) is 21.8 Å². The molecule has 1 aromatic rings. The average molecular weight is 296 g/mol. The summed E-state index contributed by atoms with van der Waals surface area (Å²) in [6, 6.07) is 5.56. The van der Waals surface area contributed by atoms with Gasteiger partial charge in [-0.1, -0.05) is 11.6 Å². The van der Waals surface area contributed by atoms with Crippen molar-refractivity contribution >= 4 is 35.6 Å². The number of hydrogen-bond acceptors (Lipinski definition) is 4. The van der Waals surface area contributed by atoms with Crippen LogP contribution in [-0.4, -0.2) is 29.9 Å². The second-order valence-corrected chi connectivity index (χ2v) is 5.79. The van der Waals surface area contributed by atoms with Crippen LogP contribution in [0.1, 0.15) is 35.2 Å². The third kappa shape index (κ3) is 2.79. The Morgan fingerprint density at radius 1 is 1.14 bits per heavy atom. The maximum absolute atomic E-state index is 12.5. The predicted molar refractivity (Wildman–Crippen MR) is 83.0 cm³/mol. The van der Waals surface area contributed by atoms with E-state index in [1.54, 1.807) is 6.21 Å². The molecule has 0 N–H and O–H groups in total. The topological polar surface area (TPSA) is 75.9 Å². The molecule has 5 heteroatoms. The Hall–Kier alpha value is -2.43. The highest BCUT2D eigenvalue weighted by atomic mass is 16.2. The molecule has 2 heterocycles. The van der Waals surface area contributed by atoms with Crippen LogP contribution in [0.15, 0.2) is 28.2 Å². The van der Waals surface area contributed by atoms with Crippen LogP contribution in [0.4, 0.5) is 5.69 Å². The number of amides is 1. The molecule has 0 fully saturated rings. The molecule has 0 bridgehead atoms. The summed E-state index contributed by atoms with van der Waals surface area (Å²) in [7, 11) is 0. The molecule has 0 saturated heterocycles. The SMILES string of the molecule is Cc1ccc2c(c1)C(=O)CC(C1CCC(=O)N=CC1=O)C=N2. The van der Waals surface area contributed by atoms with E-state index >= 15 is 0 Å². The lowest BCUT2D eigenvalue weighted by Crippen LogP contribution is -2.26. The molecular weight excluding hydrogens is 280 g/mol. The summed E-state index contributed by atoms with van der Waals surface area (Å²) in [5.74, 6) is -1.19. The first-order chi connectivity index (χ1) is 10.5. The fraction of sp³-hybridized carbons (Fsp3) is 0.353. The molecule has 2 unspecified atom stereocenters. The molecule has 1 amide bonds. The second kappa shape index (κ2) is 5.75. The number of hydrogen-bond donors (Lipinski definition) is 0. The largest absolute Gasteiger partial charge is 0.294 e. The van der Waals surface area contributed by atoms with Gasteiger partial charge < -0.3 is 0 Å². The van der Waals surface area contributed by atoms with Crippen LogP contribution in [0.2, 0.25) is 0 Å². The summed E-state index contributed by atoms with van der Waals surface area (Å²) < 4.78 is 0. The van der Waals surface area contributed by atoms with Gasteiger partial charge in [0.15, 0.2) is 11.6 Å². The van der Waals surface area contributed by atoms with Crippen molar-refractivity contribution < 1.29 is 14.4 Å². The van der Waals surface area contributed by atoms with E-state index in [4.69, 9.17) is 0 Å². The number of rotatable bonds is 1. The second-order valence-electron chi connectivity index (χ2n) is 5.79. The van der Waals surface area contributed by atoms with Crippen LogP contribution < -0.4 is 0 Å². The number of Topliss-reactive ketones (excluding diaryl/α,β-unsaturated/α-hetero) is 2. The van der Waals surface area contributed by atoms with Crippen LogP contribution in [0.5, 0.6) is 0 Å². The number of carbonyl (C=O) groups is 3. The van der Waals surface area contributed by atoms with E-state index in [2.05, 4.69) is 9.98 Å². The van der Waals surface area contributed by atoms with Gasteiger partial charge in [-0.05, 0) is 25.5 Å². The molecule has 1 aromatic carbocycles. The summed E-state index contributed by atoms with van der Waals surface area (Å²) in [6.07, 6.45) is 3.67. The van der Waals surface area contributed by atoms with Crippen molar-refractivity contribution in [3.05, 3.63) is 29.3 Å². The molecule has 5 nitrogen and oxygen atoms in total. The Bertz CT molecular complexity index is 719. The minimum absolute atomic E-state index is 0.0125. The highest BCUT2D eigenvalue weighted by Gasteiger charge is 2.32. The van der Waals surface area contributed by atoms with Crippen LogP contribution in [0, 0.1) is 18.8 Å². The first kappa shape index (κ1) is 14.5. The minimum Gasteiger partial charge on any atom is -0.294 e. The summed E-state index contributed by atoms with van der Waals surface area (Å²) in [6.45, 7) is 1.93. The molecular formula is C17H16N2O3. The van der Waals surface area contributed by atoms with Crippen LogP contribution in [0.3, 0.4) is 0 Å². The van der Waals surface area contributed by atoms with Crippen molar-refractivity contribution in [3.63, 3.8) is 0 Å². The monoisotopic (exact) mass is 296 g/mol. The van der Waals surface area contributed by atoms with E-state index in [0.717, 1.165) is 11.8 Å². The highest BCUT2D eigenvalue weighted by Crippen LogP contribution is 2.31. The predicted octanol–water partition coefficient (Wildman–Crippen LogP) is 2.48. The number of aryl methyl sites for hydroxylation is 1. The first-order valence-corrected chi connectivity index (χ1v) is 7.33.